The molecule has 1 aromatic carbocycles. The summed E-state index contributed by atoms with van der Waals surface area (Å²) in [4.78, 5) is 26.3. The van der Waals surface area contributed by atoms with Crippen molar-refractivity contribution in [2.24, 2.45) is 17.2 Å². The van der Waals surface area contributed by atoms with E-state index in [1.54, 1.807) is 0 Å². The fraction of sp³-hybridized carbons (Fsp3) is 0. The molecule has 0 bridgehead atoms. The molecule has 0 saturated carbocycles. The Bertz CT molecular complexity index is 263. The Labute approximate surface area is 102 Å². The van der Waals surface area contributed by atoms with Gasteiger partial charge in [0.15, 0.2) is 0 Å². The molecule has 102 valence electrons. The van der Waals surface area contributed by atoms with Gasteiger partial charge in [-0.15, -0.1) is 0 Å². The average Bonchev–Trinajstić information content (AvgIpc) is 2.17. The number of benzene rings is 1. The second kappa shape index (κ2) is 16.5. The lowest BCUT2D eigenvalue weighted by molar-refractivity contribution is 0.204. The minimum Gasteiger partial charge on any atom is -0.465 e. The van der Waals surface area contributed by atoms with E-state index in [4.69, 9.17) is 29.7 Å². The molecule has 0 radical (unpaired) electrons. The monoisotopic (exact) mass is 261 g/mol. The van der Waals surface area contributed by atoms with Crippen LogP contribution in [0.15, 0.2) is 36.4 Å². The number of hydrogen-bond donors (Lipinski definition) is 6. The number of nitrogens with two attached hydrogens (primary N) is 3. The van der Waals surface area contributed by atoms with Crippen molar-refractivity contribution in [2.75, 3.05) is 0 Å². The van der Waals surface area contributed by atoms with Crippen molar-refractivity contribution < 1.29 is 29.7 Å². The summed E-state index contributed by atoms with van der Waals surface area (Å²) < 4.78 is 0. The number of amides is 3. The van der Waals surface area contributed by atoms with Crippen molar-refractivity contribution in [1.82, 2.24) is 0 Å². The zero-order valence-corrected chi connectivity index (χ0v) is 9.26. The van der Waals surface area contributed by atoms with Crippen LogP contribution in [0.4, 0.5) is 14.4 Å². The highest BCUT2D eigenvalue weighted by Crippen LogP contribution is 1.79. The molecule has 9 N–H and O–H groups in total. The van der Waals surface area contributed by atoms with Gasteiger partial charge in [-0.2, -0.15) is 0 Å². The predicted molar refractivity (Wildman–Crippen MR) is 63.1 cm³/mol. The first-order chi connectivity index (χ1) is 8.20. The van der Waals surface area contributed by atoms with E-state index in [-0.39, 0.29) is 0 Å². The molecule has 0 fully saturated rings. The quantitative estimate of drug-likeness (QED) is 0.395. The van der Waals surface area contributed by atoms with Crippen molar-refractivity contribution >= 4 is 18.3 Å². The molecule has 0 spiro atoms. The van der Waals surface area contributed by atoms with E-state index < -0.39 is 18.3 Å². The number of hydrogen-bond acceptors (Lipinski definition) is 3. The van der Waals surface area contributed by atoms with Crippen molar-refractivity contribution in [1.29, 1.82) is 0 Å². The highest BCUT2D eigenvalue weighted by Gasteiger charge is 1.66. The summed E-state index contributed by atoms with van der Waals surface area (Å²) in [6.45, 7) is 0. The topological polar surface area (TPSA) is 190 Å². The SMILES string of the molecule is NC(=O)O.NC(=O)O.NC(=O)O.c1ccccc1. The van der Waals surface area contributed by atoms with E-state index in [1.165, 1.54) is 0 Å². The van der Waals surface area contributed by atoms with Crippen LogP contribution in [0, 0.1) is 0 Å². The lowest BCUT2D eigenvalue weighted by Gasteiger charge is -1.69. The smallest absolute Gasteiger partial charge is 0.402 e. The number of primary amides is 3. The Morgan fingerprint density at radius 3 is 0.667 bits per heavy atom. The van der Waals surface area contributed by atoms with Gasteiger partial charge in [0.1, 0.15) is 0 Å². The molecule has 9 heteroatoms. The summed E-state index contributed by atoms with van der Waals surface area (Å²) >= 11 is 0. The van der Waals surface area contributed by atoms with E-state index in [1.807, 2.05) is 36.4 Å². The summed E-state index contributed by atoms with van der Waals surface area (Å²) in [6.07, 6.45) is -4.00. The van der Waals surface area contributed by atoms with Crippen LogP contribution >= 0.6 is 0 Å². The van der Waals surface area contributed by atoms with Gasteiger partial charge >= 0.3 is 18.3 Å². The van der Waals surface area contributed by atoms with Crippen LogP contribution in [0.2, 0.25) is 0 Å². The molecule has 0 aliphatic heterocycles. The van der Waals surface area contributed by atoms with Crippen LogP contribution in [0.5, 0.6) is 0 Å². The van der Waals surface area contributed by atoms with Crippen LogP contribution in [0.1, 0.15) is 0 Å². The lowest BCUT2D eigenvalue weighted by Crippen LogP contribution is -2.03. The van der Waals surface area contributed by atoms with E-state index >= 15 is 0 Å². The van der Waals surface area contributed by atoms with Crippen molar-refractivity contribution in [3.05, 3.63) is 36.4 Å². The van der Waals surface area contributed by atoms with Gasteiger partial charge in [-0.1, -0.05) is 36.4 Å². The predicted octanol–water partition coefficient (Wildman–Crippen LogP) is 0.556. The Morgan fingerprint density at radius 2 is 0.611 bits per heavy atom. The molecule has 0 aromatic heterocycles. The summed E-state index contributed by atoms with van der Waals surface area (Å²) in [5.74, 6) is 0. The van der Waals surface area contributed by atoms with E-state index in [0.717, 1.165) is 0 Å². The molecule has 0 atom stereocenters. The van der Waals surface area contributed by atoms with Crippen molar-refractivity contribution in [3.8, 4) is 0 Å². The van der Waals surface area contributed by atoms with Crippen LogP contribution < -0.4 is 17.2 Å². The maximum atomic E-state index is 8.78. The third-order valence-electron chi connectivity index (χ3n) is 0.667. The lowest BCUT2D eigenvalue weighted by atomic mass is 10.4. The molecule has 0 heterocycles. The highest BCUT2D eigenvalue weighted by atomic mass is 16.4. The van der Waals surface area contributed by atoms with E-state index in [0.29, 0.717) is 0 Å². The van der Waals surface area contributed by atoms with Gasteiger partial charge in [-0.05, 0) is 0 Å². The first-order valence-corrected chi connectivity index (χ1v) is 4.15. The highest BCUT2D eigenvalue weighted by molar-refractivity contribution is 5.62. The Hall–Kier alpha value is -2.97. The fourth-order valence-electron chi connectivity index (χ4n) is 0.385. The number of carboxylic acid groups (broad SMARTS) is 3. The van der Waals surface area contributed by atoms with Crippen LogP contribution in [0.25, 0.3) is 0 Å². The fourth-order valence-corrected chi connectivity index (χ4v) is 0.385. The zero-order chi connectivity index (χ0) is 15.0. The molecular weight excluding hydrogens is 246 g/mol. The molecule has 0 aliphatic rings. The van der Waals surface area contributed by atoms with Crippen molar-refractivity contribution in [2.45, 2.75) is 0 Å². The Kier molecular flexibility index (Phi) is 18.7. The summed E-state index contributed by atoms with van der Waals surface area (Å²) in [5.41, 5.74) is 12.1. The van der Waals surface area contributed by atoms with Crippen LogP contribution in [0.3, 0.4) is 0 Å². The van der Waals surface area contributed by atoms with Crippen molar-refractivity contribution in [3.63, 3.8) is 0 Å². The van der Waals surface area contributed by atoms with Gasteiger partial charge in [0.25, 0.3) is 0 Å². The van der Waals surface area contributed by atoms with E-state index in [2.05, 4.69) is 17.2 Å². The van der Waals surface area contributed by atoms with Gasteiger partial charge in [-0.3, -0.25) is 0 Å². The normalized spacial score (nSPS) is 6.67. The standard InChI is InChI=1S/C6H6.3CH3NO2/c1-2-4-6-5-3-1;3*2-1(3)4/h1-6H;3*2H2,(H,3,4). The molecule has 18 heavy (non-hydrogen) atoms. The average molecular weight is 261 g/mol. The molecule has 0 aliphatic carbocycles. The maximum absolute atomic E-state index is 8.78. The van der Waals surface area contributed by atoms with Gasteiger partial charge < -0.3 is 32.5 Å². The minimum atomic E-state index is -1.33. The number of rotatable bonds is 0. The van der Waals surface area contributed by atoms with Gasteiger partial charge in [0, 0.05) is 0 Å². The van der Waals surface area contributed by atoms with Gasteiger partial charge in [0.05, 0.1) is 0 Å². The summed E-state index contributed by atoms with van der Waals surface area (Å²) in [6, 6.07) is 12.0. The van der Waals surface area contributed by atoms with Crippen LogP contribution in [-0.2, 0) is 0 Å². The second-order valence-electron chi connectivity index (χ2n) is 2.17. The van der Waals surface area contributed by atoms with E-state index in [9.17, 15) is 0 Å². The van der Waals surface area contributed by atoms with Gasteiger partial charge in [-0.25, -0.2) is 14.4 Å². The molecule has 3 amide bonds. The largest absolute Gasteiger partial charge is 0.465 e. The number of carbonyl (C=O) groups is 3. The molecule has 0 unspecified atom stereocenters. The third-order valence-corrected chi connectivity index (χ3v) is 0.667. The first-order valence-electron chi connectivity index (χ1n) is 4.15. The molecular formula is C9H15N3O6. The molecule has 9 nitrogen and oxygen atoms in total. The maximum Gasteiger partial charge on any atom is 0.402 e. The van der Waals surface area contributed by atoms with Crippen LogP contribution in [-0.4, -0.2) is 33.6 Å². The second-order valence-corrected chi connectivity index (χ2v) is 2.17. The molecule has 1 aromatic rings. The minimum absolute atomic E-state index is 1.33. The summed E-state index contributed by atoms with van der Waals surface area (Å²) in [5, 5.41) is 21.6. The summed E-state index contributed by atoms with van der Waals surface area (Å²) in [7, 11) is 0. The first kappa shape index (κ1) is 20.4. The third kappa shape index (κ3) is 205. The molecule has 1 rings (SSSR count). The van der Waals surface area contributed by atoms with Gasteiger partial charge in [0.2, 0.25) is 0 Å². The Morgan fingerprint density at radius 1 is 0.556 bits per heavy atom. The Balaban J connectivity index is -0.000000171. The zero-order valence-electron chi connectivity index (χ0n) is 9.26. The molecule has 0 saturated heterocycles.